The maximum atomic E-state index is 3.71. The van der Waals surface area contributed by atoms with Gasteiger partial charge in [-0.3, -0.25) is 4.90 Å². The highest BCUT2D eigenvalue weighted by atomic mass is 15.3. The average molecular weight is 265 g/mol. The Kier molecular flexibility index (Phi) is 4.45. The molecule has 4 unspecified atom stereocenters. The van der Waals surface area contributed by atoms with E-state index in [1.54, 1.807) is 0 Å². The molecule has 3 aliphatic rings. The molecular formula is C16H31N3. The van der Waals surface area contributed by atoms with E-state index in [9.17, 15) is 0 Å². The van der Waals surface area contributed by atoms with Crippen LogP contribution in [0.4, 0.5) is 0 Å². The highest BCUT2D eigenvalue weighted by molar-refractivity contribution is 4.93. The van der Waals surface area contributed by atoms with Crippen LogP contribution in [0, 0.1) is 5.92 Å². The van der Waals surface area contributed by atoms with Gasteiger partial charge in [-0.15, -0.1) is 0 Å². The zero-order valence-corrected chi connectivity index (χ0v) is 12.8. The van der Waals surface area contributed by atoms with Crippen molar-refractivity contribution in [3.05, 3.63) is 0 Å². The van der Waals surface area contributed by atoms with Crippen LogP contribution >= 0.6 is 0 Å². The molecule has 0 radical (unpaired) electrons. The molecule has 3 fully saturated rings. The Morgan fingerprint density at radius 3 is 2.74 bits per heavy atom. The minimum atomic E-state index is 0.795. The van der Waals surface area contributed by atoms with Crippen molar-refractivity contribution in [1.29, 1.82) is 0 Å². The summed E-state index contributed by atoms with van der Waals surface area (Å²) in [6.45, 7) is 7.38. The SMILES string of the molecule is CCNC1CCCC1CN1CCC2CCC(C1)N2C. The van der Waals surface area contributed by atoms with E-state index >= 15 is 0 Å². The number of hydrogen-bond acceptors (Lipinski definition) is 3. The summed E-state index contributed by atoms with van der Waals surface area (Å²) in [7, 11) is 2.35. The van der Waals surface area contributed by atoms with Crippen molar-refractivity contribution >= 4 is 0 Å². The molecule has 110 valence electrons. The topological polar surface area (TPSA) is 18.5 Å². The van der Waals surface area contributed by atoms with Crippen LogP contribution in [0.2, 0.25) is 0 Å². The molecule has 19 heavy (non-hydrogen) atoms. The zero-order chi connectivity index (χ0) is 13.2. The van der Waals surface area contributed by atoms with Crippen molar-refractivity contribution in [3.8, 4) is 0 Å². The predicted octanol–water partition coefficient (Wildman–Crippen LogP) is 1.93. The van der Waals surface area contributed by atoms with Gasteiger partial charge in [0.15, 0.2) is 0 Å². The van der Waals surface area contributed by atoms with Crippen LogP contribution in [0.25, 0.3) is 0 Å². The van der Waals surface area contributed by atoms with Gasteiger partial charge in [-0.1, -0.05) is 13.3 Å². The summed E-state index contributed by atoms with van der Waals surface area (Å²) in [6, 6.07) is 2.51. The molecule has 1 aliphatic carbocycles. The molecule has 3 nitrogen and oxygen atoms in total. The number of fused-ring (bicyclic) bond motifs is 2. The molecule has 1 N–H and O–H groups in total. The Hall–Kier alpha value is -0.120. The lowest BCUT2D eigenvalue weighted by Gasteiger charge is -2.30. The first-order valence-corrected chi connectivity index (χ1v) is 8.45. The van der Waals surface area contributed by atoms with Crippen molar-refractivity contribution in [2.24, 2.45) is 5.92 Å². The third-order valence-electron chi connectivity index (χ3n) is 5.85. The van der Waals surface area contributed by atoms with Gasteiger partial charge in [0.1, 0.15) is 0 Å². The van der Waals surface area contributed by atoms with E-state index in [0.717, 1.165) is 30.6 Å². The van der Waals surface area contributed by atoms with Crippen LogP contribution in [0.3, 0.4) is 0 Å². The summed E-state index contributed by atoms with van der Waals surface area (Å²) in [5.41, 5.74) is 0. The first kappa shape index (κ1) is 13.8. The molecule has 4 atom stereocenters. The second-order valence-corrected chi connectivity index (χ2v) is 6.95. The molecular weight excluding hydrogens is 234 g/mol. The maximum Gasteiger partial charge on any atom is 0.0223 e. The van der Waals surface area contributed by atoms with Gasteiger partial charge < -0.3 is 10.2 Å². The normalized spacial score (nSPS) is 40.7. The standard InChI is InChI=1S/C16H31N3/c1-3-17-16-6-4-5-13(16)11-19-10-9-14-7-8-15(12-19)18(14)2/h13-17H,3-12H2,1-2H3. The summed E-state index contributed by atoms with van der Waals surface area (Å²) >= 11 is 0. The van der Waals surface area contributed by atoms with Crippen LogP contribution in [0.1, 0.15) is 45.4 Å². The highest BCUT2D eigenvalue weighted by Crippen LogP contribution is 2.31. The molecule has 2 bridgehead atoms. The van der Waals surface area contributed by atoms with Crippen LogP contribution in [-0.4, -0.2) is 61.2 Å². The summed E-state index contributed by atoms with van der Waals surface area (Å²) in [5, 5.41) is 3.71. The van der Waals surface area contributed by atoms with E-state index in [4.69, 9.17) is 0 Å². The lowest BCUT2D eigenvalue weighted by atomic mass is 10.0. The van der Waals surface area contributed by atoms with E-state index in [1.807, 2.05) is 0 Å². The smallest absolute Gasteiger partial charge is 0.0223 e. The Morgan fingerprint density at radius 1 is 1.05 bits per heavy atom. The molecule has 0 aromatic rings. The van der Waals surface area contributed by atoms with Crippen LogP contribution in [0.5, 0.6) is 0 Å². The van der Waals surface area contributed by atoms with E-state index in [2.05, 4.69) is 29.1 Å². The first-order chi connectivity index (χ1) is 9.28. The Morgan fingerprint density at radius 2 is 1.89 bits per heavy atom. The number of rotatable bonds is 4. The second kappa shape index (κ2) is 6.11. The quantitative estimate of drug-likeness (QED) is 0.838. The summed E-state index contributed by atoms with van der Waals surface area (Å²) in [4.78, 5) is 5.44. The predicted molar refractivity (Wildman–Crippen MR) is 80.4 cm³/mol. The number of nitrogens with one attached hydrogen (secondary N) is 1. The molecule has 0 spiro atoms. The maximum absolute atomic E-state index is 3.71. The third-order valence-corrected chi connectivity index (χ3v) is 5.85. The molecule has 0 aromatic heterocycles. The fourth-order valence-corrected chi connectivity index (χ4v) is 4.66. The zero-order valence-electron chi connectivity index (χ0n) is 12.8. The Bertz CT molecular complexity index is 294. The fraction of sp³-hybridized carbons (Fsp3) is 1.00. The molecule has 3 heteroatoms. The summed E-state index contributed by atoms with van der Waals surface area (Å²) in [5.74, 6) is 0.905. The van der Waals surface area contributed by atoms with Gasteiger partial charge in [0.05, 0.1) is 0 Å². The Balaban J connectivity index is 1.55. The van der Waals surface area contributed by atoms with Crippen LogP contribution < -0.4 is 5.32 Å². The monoisotopic (exact) mass is 265 g/mol. The van der Waals surface area contributed by atoms with Gasteiger partial charge in [0.2, 0.25) is 0 Å². The van der Waals surface area contributed by atoms with Gasteiger partial charge in [-0.25, -0.2) is 0 Å². The van der Waals surface area contributed by atoms with Gasteiger partial charge in [0.25, 0.3) is 0 Å². The van der Waals surface area contributed by atoms with E-state index < -0.39 is 0 Å². The molecule has 0 amide bonds. The molecule has 0 aromatic carbocycles. The second-order valence-electron chi connectivity index (χ2n) is 6.95. The molecule has 2 saturated heterocycles. The summed E-state index contributed by atoms with van der Waals surface area (Å²) < 4.78 is 0. The van der Waals surface area contributed by atoms with E-state index in [1.165, 1.54) is 58.2 Å². The van der Waals surface area contributed by atoms with Gasteiger partial charge in [-0.05, 0) is 58.2 Å². The number of likely N-dealkylation sites (tertiary alicyclic amines) is 1. The van der Waals surface area contributed by atoms with Crippen LogP contribution in [0.15, 0.2) is 0 Å². The Labute approximate surface area is 118 Å². The molecule has 2 heterocycles. The molecule has 2 aliphatic heterocycles. The molecule has 3 rings (SSSR count). The van der Waals surface area contributed by atoms with Crippen molar-refractivity contribution in [3.63, 3.8) is 0 Å². The third kappa shape index (κ3) is 2.98. The van der Waals surface area contributed by atoms with Crippen molar-refractivity contribution in [2.45, 2.75) is 63.6 Å². The van der Waals surface area contributed by atoms with Crippen LogP contribution in [-0.2, 0) is 0 Å². The molecule has 1 saturated carbocycles. The lowest BCUT2D eigenvalue weighted by molar-refractivity contribution is 0.188. The average Bonchev–Trinajstić information content (AvgIpc) is 2.90. The largest absolute Gasteiger partial charge is 0.314 e. The minimum absolute atomic E-state index is 0.795. The van der Waals surface area contributed by atoms with Gasteiger partial charge >= 0.3 is 0 Å². The lowest BCUT2D eigenvalue weighted by Crippen LogP contribution is -2.42. The highest BCUT2D eigenvalue weighted by Gasteiger charge is 2.36. The number of nitrogens with zero attached hydrogens (tertiary/aromatic N) is 2. The van der Waals surface area contributed by atoms with Crippen molar-refractivity contribution < 1.29 is 0 Å². The van der Waals surface area contributed by atoms with E-state index in [-0.39, 0.29) is 0 Å². The van der Waals surface area contributed by atoms with E-state index in [0.29, 0.717) is 0 Å². The fourth-order valence-electron chi connectivity index (χ4n) is 4.66. The summed E-state index contributed by atoms with van der Waals surface area (Å²) in [6.07, 6.45) is 8.54. The first-order valence-electron chi connectivity index (χ1n) is 8.45. The van der Waals surface area contributed by atoms with Gasteiger partial charge in [-0.2, -0.15) is 0 Å². The minimum Gasteiger partial charge on any atom is -0.314 e. The number of hydrogen-bond donors (Lipinski definition) is 1. The van der Waals surface area contributed by atoms with Crippen molar-refractivity contribution in [1.82, 2.24) is 15.1 Å². The number of likely N-dealkylation sites (N-methyl/N-ethyl adjacent to an activating group) is 1. The van der Waals surface area contributed by atoms with Gasteiger partial charge in [0, 0.05) is 31.2 Å². The van der Waals surface area contributed by atoms with Crippen molar-refractivity contribution in [2.75, 3.05) is 33.2 Å².